The second-order valence-electron chi connectivity index (χ2n) is 4.31. The molecule has 3 rings (SSSR count). The van der Waals surface area contributed by atoms with Crippen molar-refractivity contribution in [2.75, 3.05) is 5.32 Å². The molecule has 0 aliphatic heterocycles. The van der Waals surface area contributed by atoms with Gasteiger partial charge in [0.1, 0.15) is 5.69 Å². The second-order valence-corrected chi connectivity index (χ2v) is 4.31. The zero-order valence-electron chi connectivity index (χ0n) is 10.7. The van der Waals surface area contributed by atoms with Crippen LogP contribution in [-0.4, -0.2) is 15.5 Å². The molecule has 0 bridgehead atoms. The van der Waals surface area contributed by atoms with Crippen LogP contribution in [0.15, 0.2) is 73.2 Å². The predicted molar refractivity (Wildman–Crippen MR) is 78.0 cm³/mol. The molecule has 4 heteroatoms. The number of pyridine rings is 1. The number of anilines is 1. The van der Waals surface area contributed by atoms with Gasteiger partial charge in [0, 0.05) is 30.0 Å². The summed E-state index contributed by atoms with van der Waals surface area (Å²) in [5.41, 5.74) is 2.20. The van der Waals surface area contributed by atoms with Crippen molar-refractivity contribution < 1.29 is 4.79 Å². The zero-order chi connectivity index (χ0) is 13.8. The average molecular weight is 263 g/mol. The quantitative estimate of drug-likeness (QED) is 0.789. The van der Waals surface area contributed by atoms with E-state index in [2.05, 4.69) is 10.3 Å². The monoisotopic (exact) mass is 263 g/mol. The van der Waals surface area contributed by atoms with Gasteiger partial charge in [0.15, 0.2) is 0 Å². The summed E-state index contributed by atoms with van der Waals surface area (Å²) in [6.07, 6.45) is 5.55. The lowest BCUT2D eigenvalue weighted by atomic mass is 10.2. The molecule has 0 aliphatic rings. The van der Waals surface area contributed by atoms with E-state index in [1.807, 2.05) is 53.4 Å². The zero-order valence-corrected chi connectivity index (χ0v) is 10.7. The van der Waals surface area contributed by atoms with Gasteiger partial charge in [-0.2, -0.15) is 0 Å². The van der Waals surface area contributed by atoms with E-state index in [4.69, 9.17) is 0 Å². The highest BCUT2D eigenvalue weighted by molar-refractivity contribution is 6.02. The third-order valence-corrected chi connectivity index (χ3v) is 2.93. The molecule has 98 valence electrons. The molecule has 0 saturated carbocycles. The van der Waals surface area contributed by atoms with Crippen molar-refractivity contribution in [3.8, 4) is 5.69 Å². The Morgan fingerprint density at radius 2 is 1.70 bits per heavy atom. The Bertz CT molecular complexity index is 688. The Morgan fingerprint density at radius 1 is 0.950 bits per heavy atom. The Kier molecular flexibility index (Phi) is 3.29. The first-order valence-corrected chi connectivity index (χ1v) is 6.29. The number of benzene rings is 1. The van der Waals surface area contributed by atoms with Gasteiger partial charge in [0.25, 0.3) is 5.91 Å². The lowest BCUT2D eigenvalue weighted by Gasteiger charge is -2.07. The van der Waals surface area contributed by atoms with E-state index in [-0.39, 0.29) is 5.91 Å². The molecule has 2 aromatic heterocycles. The molecule has 0 saturated heterocycles. The molecular weight excluding hydrogens is 250 g/mol. The Labute approximate surface area is 116 Å². The van der Waals surface area contributed by atoms with Crippen molar-refractivity contribution in [1.29, 1.82) is 0 Å². The highest BCUT2D eigenvalue weighted by Crippen LogP contribution is 2.14. The largest absolute Gasteiger partial charge is 0.324 e. The van der Waals surface area contributed by atoms with Crippen molar-refractivity contribution in [1.82, 2.24) is 9.55 Å². The van der Waals surface area contributed by atoms with Crippen LogP contribution in [-0.2, 0) is 0 Å². The molecule has 0 aliphatic carbocycles. The van der Waals surface area contributed by atoms with E-state index < -0.39 is 0 Å². The third kappa shape index (κ3) is 2.59. The summed E-state index contributed by atoms with van der Waals surface area (Å²) in [5, 5.41) is 2.82. The third-order valence-electron chi connectivity index (χ3n) is 2.93. The number of carbonyl (C=O) groups is 1. The van der Waals surface area contributed by atoms with Crippen LogP contribution in [0.2, 0.25) is 0 Å². The molecule has 4 nitrogen and oxygen atoms in total. The maximum atomic E-state index is 11.9. The van der Waals surface area contributed by atoms with Gasteiger partial charge in [-0.05, 0) is 48.5 Å². The molecular formula is C16H13N3O. The van der Waals surface area contributed by atoms with Gasteiger partial charge in [-0.3, -0.25) is 9.78 Å². The average Bonchev–Trinajstić information content (AvgIpc) is 3.03. The molecule has 0 spiro atoms. The summed E-state index contributed by atoms with van der Waals surface area (Å²) >= 11 is 0. The van der Waals surface area contributed by atoms with Crippen LogP contribution in [0, 0.1) is 0 Å². The van der Waals surface area contributed by atoms with Gasteiger partial charge in [-0.25, -0.2) is 0 Å². The van der Waals surface area contributed by atoms with E-state index in [1.54, 1.807) is 24.4 Å². The van der Waals surface area contributed by atoms with Crippen molar-refractivity contribution in [2.24, 2.45) is 0 Å². The molecule has 0 fully saturated rings. The van der Waals surface area contributed by atoms with Crippen molar-refractivity contribution in [3.63, 3.8) is 0 Å². The molecule has 1 aromatic carbocycles. The minimum Gasteiger partial charge on any atom is -0.324 e. The van der Waals surface area contributed by atoms with Gasteiger partial charge in [-0.15, -0.1) is 0 Å². The summed E-state index contributed by atoms with van der Waals surface area (Å²) in [4.78, 5) is 16.0. The first-order chi connectivity index (χ1) is 9.83. The number of hydrogen-bond donors (Lipinski definition) is 1. The van der Waals surface area contributed by atoms with Gasteiger partial charge in [-0.1, -0.05) is 6.07 Å². The van der Waals surface area contributed by atoms with Crippen LogP contribution in [0.25, 0.3) is 5.69 Å². The number of rotatable bonds is 3. The molecule has 20 heavy (non-hydrogen) atoms. The van der Waals surface area contributed by atoms with Gasteiger partial charge >= 0.3 is 0 Å². The summed E-state index contributed by atoms with van der Waals surface area (Å²) < 4.78 is 2.00. The van der Waals surface area contributed by atoms with E-state index >= 15 is 0 Å². The maximum absolute atomic E-state index is 11.9. The summed E-state index contributed by atoms with van der Waals surface area (Å²) in [6.45, 7) is 0. The Balaban J connectivity index is 1.74. The SMILES string of the molecule is O=C(Nc1ccc(-n2cccc2)cc1)c1ccccn1. The van der Waals surface area contributed by atoms with Crippen LogP contribution in [0.1, 0.15) is 10.5 Å². The van der Waals surface area contributed by atoms with E-state index in [0.717, 1.165) is 11.4 Å². The molecule has 0 atom stereocenters. The molecule has 0 unspecified atom stereocenters. The predicted octanol–water partition coefficient (Wildman–Crippen LogP) is 3.12. The van der Waals surface area contributed by atoms with Crippen LogP contribution < -0.4 is 5.32 Å². The standard InChI is InChI=1S/C16H13N3O/c20-16(15-5-1-2-10-17-15)18-13-6-8-14(9-7-13)19-11-3-4-12-19/h1-12H,(H,18,20). The highest BCUT2D eigenvalue weighted by Gasteiger charge is 2.06. The topological polar surface area (TPSA) is 46.9 Å². The van der Waals surface area contributed by atoms with Gasteiger partial charge < -0.3 is 9.88 Å². The van der Waals surface area contributed by atoms with E-state index in [0.29, 0.717) is 5.69 Å². The number of hydrogen-bond acceptors (Lipinski definition) is 2. The van der Waals surface area contributed by atoms with Gasteiger partial charge in [0.05, 0.1) is 0 Å². The van der Waals surface area contributed by atoms with Crippen LogP contribution in [0.4, 0.5) is 5.69 Å². The number of nitrogens with one attached hydrogen (secondary N) is 1. The van der Waals surface area contributed by atoms with Crippen LogP contribution in [0.5, 0.6) is 0 Å². The van der Waals surface area contributed by atoms with Crippen molar-refractivity contribution >= 4 is 11.6 Å². The van der Waals surface area contributed by atoms with Crippen LogP contribution >= 0.6 is 0 Å². The number of aromatic nitrogens is 2. The molecule has 0 radical (unpaired) electrons. The summed E-state index contributed by atoms with van der Waals surface area (Å²) in [5.74, 6) is -0.209. The smallest absolute Gasteiger partial charge is 0.274 e. The fourth-order valence-electron chi connectivity index (χ4n) is 1.92. The molecule has 1 amide bonds. The first kappa shape index (κ1) is 12.2. The van der Waals surface area contributed by atoms with E-state index in [1.165, 1.54) is 0 Å². The lowest BCUT2D eigenvalue weighted by molar-refractivity contribution is 0.102. The summed E-state index contributed by atoms with van der Waals surface area (Å²) in [7, 11) is 0. The normalized spacial score (nSPS) is 10.2. The Hall–Kier alpha value is -2.88. The fraction of sp³-hybridized carbons (Fsp3) is 0. The number of amides is 1. The Morgan fingerprint density at radius 3 is 2.35 bits per heavy atom. The maximum Gasteiger partial charge on any atom is 0.274 e. The minimum absolute atomic E-state index is 0.209. The minimum atomic E-state index is -0.209. The molecule has 2 heterocycles. The first-order valence-electron chi connectivity index (χ1n) is 6.29. The lowest BCUT2D eigenvalue weighted by Crippen LogP contribution is -2.13. The second kappa shape index (κ2) is 5.40. The highest BCUT2D eigenvalue weighted by atomic mass is 16.1. The molecule has 1 N–H and O–H groups in total. The summed E-state index contributed by atoms with van der Waals surface area (Å²) in [6, 6.07) is 16.8. The van der Waals surface area contributed by atoms with Gasteiger partial charge in [0.2, 0.25) is 0 Å². The van der Waals surface area contributed by atoms with E-state index in [9.17, 15) is 4.79 Å². The van der Waals surface area contributed by atoms with Crippen molar-refractivity contribution in [2.45, 2.75) is 0 Å². The van der Waals surface area contributed by atoms with Crippen molar-refractivity contribution in [3.05, 3.63) is 78.9 Å². The van der Waals surface area contributed by atoms with Crippen LogP contribution in [0.3, 0.4) is 0 Å². The fourth-order valence-corrected chi connectivity index (χ4v) is 1.92. The number of nitrogens with zero attached hydrogens (tertiary/aromatic N) is 2. The molecule has 3 aromatic rings. The number of carbonyl (C=O) groups excluding carboxylic acids is 1.